The van der Waals surface area contributed by atoms with Gasteiger partial charge in [-0.3, -0.25) is 24.6 Å². The van der Waals surface area contributed by atoms with E-state index in [0.717, 1.165) is 44.0 Å². The number of imide groups is 1. The van der Waals surface area contributed by atoms with Crippen molar-refractivity contribution < 1.29 is 18.8 Å². The lowest BCUT2D eigenvalue weighted by molar-refractivity contribution is -0.136. The zero-order valence-corrected chi connectivity index (χ0v) is 18.0. The summed E-state index contributed by atoms with van der Waals surface area (Å²) in [6, 6.07) is 4.11. The summed E-state index contributed by atoms with van der Waals surface area (Å²) in [5.74, 6) is -1.59. The Kier molecular flexibility index (Phi) is 5.21. The highest BCUT2D eigenvalue weighted by Crippen LogP contribution is 2.35. The number of piperazine rings is 1. The Bertz CT molecular complexity index is 1090. The molecule has 2 aromatic rings. The first-order chi connectivity index (χ1) is 15.4. The number of benzene rings is 1. The summed E-state index contributed by atoms with van der Waals surface area (Å²) < 4.78 is 14.5. The molecular weight excluding hydrogens is 413 g/mol. The lowest BCUT2D eigenvalue weighted by atomic mass is 10.0. The average molecular weight is 439 g/mol. The van der Waals surface area contributed by atoms with E-state index < -0.39 is 17.8 Å². The minimum Gasteiger partial charge on any atom is -0.369 e. The highest BCUT2D eigenvalue weighted by atomic mass is 19.1. The molecule has 8 nitrogen and oxygen atoms in total. The summed E-state index contributed by atoms with van der Waals surface area (Å²) in [5.41, 5.74) is 4.24. The number of H-pyrrole nitrogens is 1. The van der Waals surface area contributed by atoms with Crippen LogP contribution in [0.5, 0.6) is 0 Å². The van der Waals surface area contributed by atoms with Crippen LogP contribution in [0, 0.1) is 12.7 Å². The van der Waals surface area contributed by atoms with Gasteiger partial charge in [-0.1, -0.05) is 0 Å². The highest BCUT2D eigenvalue weighted by molar-refractivity contribution is 6.06. The number of nitrogens with one attached hydrogen (secondary N) is 2. The van der Waals surface area contributed by atoms with E-state index in [4.69, 9.17) is 0 Å². The van der Waals surface area contributed by atoms with Crippen molar-refractivity contribution in [3.05, 3.63) is 52.6 Å². The lowest BCUT2D eigenvalue weighted by Gasteiger charge is -2.37. The second-order valence-corrected chi connectivity index (χ2v) is 8.75. The van der Waals surface area contributed by atoms with Gasteiger partial charge in [-0.05, 0) is 37.1 Å². The van der Waals surface area contributed by atoms with Crippen molar-refractivity contribution in [2.45, 2.75) is 38.9 Å². The van der Waals surface area contributed by atoms with E-state index in [1.165, 1.54) is 28.3 Å². The van der Waals surface area contributed by atoms with Crippen LogP contribution in [0.1, 0.15) is 40.0 Å². The van der Waals surface area contributed by atoms with E-state index in [1.807, 2.05) is 6.20 Å². The van der Waals surface area contributed by atoms with Crippen LogP contribution in [0.2, 0.25) is 0 Å². The van der Waals surface area contributed by atoms with E-state index >= 15 is 0 Å². The summed E-state index contributed by atoms with van der Waals surface area (Å²) in [5, 5.41) is 2.31. The van der Waals surface area contributed by atoms with Crippen LogP contribution in [-0.2, 0) is 22.7 Å². The predicted octanol–water partition coefficient (Wildman–Crippen LogP) is 1.55. The number of anilines is 1. The number of aromatic nitrogens is 1. The standard InChI is InChI=1S/C23H26FN5O3/c1-14-4-5-25-18(14)13-27-6-8-28(9-7-27)20-11-15(24)10-16-17(20)12-29(23(16)32)19-2-3-21(30)26-22(19)31/h4-5,10-11,19,25H,2-3,6-9,12-13H2,1H3,(H,26,30,31). The van der Waals surface area contributed by atoms with Gasteiger partial charge in [0.15, 0.2) is 0 Å². The molecule has 0 aliphatic carbocycles. The molecule has 5 rings (SSSR count). The highest BCUT2D eigenvalue weighted by Gasteiger charge is 2.41. The largest absolute Gasteiger partial charge is 0.369 e. The fourth-order valence-electron chi connectivity index (χ4n) is 4.91. The molecule has 2 fully saturated rings. The normalized spacial score (nSPS) is 21.8. The maximum Gasteiger partial charge on any atom is 0.255 e. The van der Waals surface area contributed by atoms with Crippen LogP contribution in [-0.4, -0.2) is 64.7 Å². The Morgan fingerprint density at radius 1 is 1.12 bits per heavy atom. The van der Waals surface area contributed by atoms with Crippen LogP contribution in [0.25, 0.3) is 0 Å². The molecule has 0 radical (unpaired) electrons. The Morgan fingerprint density at radius 2 is 1.91 bits per heavy atom. The molecule has 1 unspecified atom stereocenters. The summed E-state index contributed by atoms with van der Waals surface area (Å²) in [4.78, 5) is 46.1. The number of fused-ring (bicyclic) bond motifs is 1. The van der Waals surface area contributed by atoms with Crippen LogP contribution in [0.4, 0.5) is 10.1 Å². The Morgan fingerprint density at radius 3 is 2.59 bits per heavy atom. The molecule has 4 heterocycles. The van der Waals surface area contributed by atoms with Gasteiger partial charge in [0.25, 0.3) is 5.91 Å². The van der Waals surface area contributed by atoms with E-state index in [0.29, 0.717) is 12.0 Å². The first-order valence-electron chi connectivity index (χ1n) is 11.0. The van der Waals surface area contributed by atoms with Gasteiger partial charge < -0.3 is 14.8 Å². The van der Waals surface area contributed by atoms with Gasteiger partial charge in [0.1, 0.15) is 11.9 Å². The molecule has 0 bridgehead atoms. The smallest absolute Gasteiger partial charge is 0.255 e. The molecule has 0 saturated carbocycles. The molecule has 0 spiro atoms. The molecule has 3 amide bonds. The SMILES string of the molecule is Cc1cc[nH]c1CN1CCN(c2cc(F)cc3c2CN(C2CCC(=O)NC2=O)C3=O)CC1. The zero-order valence-electron chi connectivity index (χ0n) is 18.0. The number of aromatic amines is 1. The Labute approximate surface area is 185 Å². The second-order valence-electron chi connectivity index (χ2n) is 8.75. The number of halogens is 1. The summed E-state index contributed by atoms with van der Waals surface area (Å²) in [6.07, 6.45) is 2.43. The van der Waals surface area contributed by atoms with Gasteiger partial charge in [0.2, 0.25) is 11.8 Å². The number of hydrogen-bond donors (Lipinski definition) is 2. The number of carbonyl (C=O) groups excluding carboxylic acids is 3. The molecule has 2 N–H and O–H groups in total. The summed E-state index contributed by atoms with van der Waals surface area (Å²) in [7, 11) is 0. The Hall–Kier alpha value is -3.20. The summed E-state index contributed by atoms with van der Waals surface area (Å²) in [6.45, 7) is 6.28. The maximum absolute atomic E-state index is 14.5. The molecule has 1 aromatic heterocycles. The third kappa shape index (κ3) is 3.66. The molecule has 32 heavy (non-hydrogen) atoms. The van der Waals surface area contributed by atoms with E-state index in [1.54, 1.807) is 0 Å². The zero-order chi connectivity index (χ0) is 22.4. The van der Waals surface area contributed by atoms with Crippen molar-refractivity contribution in [3.63, 3.8) is 0 Å². The van der Waals surface area contributed by atoms with Crippen LogP contribution in [0.15, 0.2) is 24.4 Å². The van der Waals surface area contributed by atoms with Crippen LogP contribution in [0.3, 0.4) is 0 Å². The fraction of sp³-hybridized carbons (Fsp3) is 0.435. The Balaban J connectivity index is 1.33. The van der Waals surface area contributed by atoms with Gasteiger partial charge >= 0.3 is 0 Å². The summed E-state index contributed by atoms with van der Waals surface area (Å²) >= 11 is 0. The van der Waals surface area contributed by atoms with Gasteiger partial charge in [0, 0.05) is 74.4 Å². The van der Waals surface area contributed by atoms with E-state index in [-0.39, 0.29) is 24.8 Å². The first kappa shape index (κ1) is 20.7. The lowest BCUT2D eigenvalue weighted by Crippen LogP contribution is -2.52. The van der Waals surface area contributed by atoms with Crippen molar-refractivity contribution >= 4 is 23.4 Å². The molecule has 3 aliphatic rings. The monoisotopic (exact) mass is 439 g/mol. The maximum atomic E-state index is 14.5. The molecular formula is C23H26FN5O3. The van der Waals surface area contributed by atoms with E-state index in [2.05, 4.69) is 33.1 Å². The quantitative estimate of drug-likeness (QED) is 0.706. The number of rotatable bonds is 4. The predicted molar refractivity (Wildman–Crippen MR) is 115 cm³/mol. The number of nitrogens with zero attached hydrogens (tertiary/aromatic N) is 3. The van der Waals surface area contributed by atoms with Crippen molar-refractivity contribution in [2.24, 2.45) is 0 Å². The van der Waals surface area contributed by atoms with Crippen molar-refractivity contribution in [3.8, 4) is 0 Å². The van der Waals surface area contributed by atoms with Crippen LogP contribution < -0.4 is 10.2 Å². The van der Waals surface area contributed by atoms with Gasteiger partial charge in [-0.15, -0.1) is 0 Å². The number of amides is 3. The molecule has 2 saturated heterocycles. The third-order valence-corrected chi connectivity index (χ3v) is 6.76. The van der Waals surface area contributed by atoms with Gasteiger partial charge in [0.05, 0.1) is 0 Å². The van der Waals surface area contributed by atoms with E-state index in [9.17, 15) is 18.8 Å². The minimum atomic E-state index is -0.704. The average Bonchev–Trinajstić information content (AvgIpc) is 3.31. The number of hydrogen-bond acceptors (Lipinski definition) is 5. The van der Waals surface area contributed by atoms with Gasteiger partial charge in [-0.25, -0.2) is 4.39 Å². The topological polar surface area (TPSA) is 88.8 Å². The molecule has 3 aliphatic heterocycles. The molecule has 168 valence electrons. The van der Waals surface area contributed by atoms with Crippen molar-refractivity contribution in [1.82, 2.24) is 20.1 Å². The number of piperidine rings is 1. The minimum absolute atomic E-state index is 0.194. The molecule has 1 atom stereocenters. The molecule has 9 heteroatoms. The first-order valence-corrected chi connectivity index (χ1v) is 11.0. The molecule has 1 aromatic carbocycles. The van der Waals surface area contributed by atoms with Crippen molar-refractivity contribution in [2.75, 3.05) is 31.1 Å². The number of aryl methyl sites for hydroxylation is 1. The second kappa shape index (κ2) is 8.05. The van der Waals surface area contributed by atoms with Crippen molar-refractivity contribution in [1.29, 1.82) is 0 Å². The third-order valence-electron chi connectivity index (χ3n) is 6.76. The fourth-order valence-corrected chi connectivity index (χ4v) is 4.91. The number of carbonyl (C=O) groups is 3. The van der Waals surface area contributed by atoms with Crippen LogP contribution >= 0.6 is 0 Å². The van der Waals surface area contributed by atoms with Gasteiger partial charge in [-0.2, -0.15) is 0 Å².